The predicted molar refractivity (Wildman–Crippen MR) is 68.3 cm³/mol. The van der Waals surface area contributed by atoms with Crippen LogP contribution in [0.1, 0.15) is 10.4 Å². The van der Waals surface area contributed by atoms with Crippen molar-refractivity contribution < 1.29 is 17.9 Å². The van der Waals surface area contributed by atoms with Crippen molar-refractivity contribution in [2.45, 2.75) is 4.90 Å². The Labute approximate surface area is 109 Å². The van der Waals surface area contributed by atoms with Crippen molar-refractivity contribution in [3.8, 4) is 0 Å². The first-order valence-electron chi connectivity index (χ1n) is 5.00. The topological polar surface area (TPSA) is 60.4 Å². The molecule has 0 saturated carbocycles. The van der Waals surface area contributed by atoms with Gasteiger partial charge in [0.25, 0.3) is 9.05 Å². The Morgan fingerprint density at radius 3 is 2.33 bits per heavy atom. The molecule has 18 heavy (non-hydrogen) atoms. The van der Waals surface area contributed by atoms with Crippen LogP contribution in [-0.2, 0) is 13.8 Å². The lowest BCUT2D eigenvalue weighted by Crippen LogP contribution is -2.04. The van der Waals surface area contributed by atoms with Crippen molar-refractivity contribution >= 4 is 36.5 Å². The van der Waals surface area contributed by atoms with Crippen molar-refractivity contribution in [2.24, 2.45) is 0 Å². The van der Waals surface area contributed by atoms with Crippen LogP contribution in [0.2, 0.25) is 0 Å². The van der Waals surface area contributed by atoms with Gasteiger partial charge in [-0.1, -0.05) is 24.3 Å². The normalized spacial score (nSPS) is 11.4. The number of fused-ring (bicyclic) bond motifs is 1. The summed E-state index contributed by atoms with van der Waals surface area (Å²) < 4.78 is 27.7. The molecule has 2 aromatic carbocycles. The number of halogens is 1. The first kappa shape index (κ1) is 12.9. The van der Waals surface area contributed by atoms with Crippen molar-refractivity contribution in [1.82, 2.24) is 0 Å². The summed E-state index contributed by atoms with van der Waals surface area (Å²) in [6.45, 7) is 0. The highest BCUT2D eigenvalue weighted by Gasteiger charge is 2.19. The van der Waals surface area contributed by atoms with Gasteiger partial charge in [0, 0.05) is 16.1 Å². The van der Waals surface area contributed by atoms with Crippen LogP contribution in [0.15, 0.2) is 41.3 Å². The molecule has 0 heterocycles. The lowest BCUT2D eigenvalue weighted by atomic mass is 10.0. The maximum absolute atomic E-state index is 11.6. The third-order valence-corrected chi connectivity index (χ3v) is 3.90. The fourth-order valence-electron chi connectivity index (χ4n) is 1.79. The van der Waals surface area contributed by atoms with Gasteiger partial charge in [-0.3, -0.25) is 0 Å². The zero-order valence-corrected chi connectivity index (χ0v) is 11.0. The molecule has 2 aromatic rings. The minimum Gasteiger partial charge on any atom is -0.465 e. The first-order chi connectivity index (χ1) is 8.45. The van der Waals surface area contributed by atoms with Crippen molar-refractivity contribution in [1.29, 1.82) is 0 Å². The minimum atomic E-state index is -3.93. The maximum Gasteiger partial charge on any atom is 0.338 e. The van der Waals surface area contributed by atoms with Gasteiger partial charge >= 0.3 is 5.97 Å². The molecule has 0 atom stereocenters. The first-order valence-corrected chi connectivity index (χ1v) is 7.31. The summed E-state index contributed by atoms with van der Waals surface area (Å²) in [7, 11) is 2.68. The summed E-state index contributed by atoms with van der Waals surface area (Å²) in [5.74, 6) is -0.603. The van der Waals surface area contributed by atoms with Gasteiger partial charge in [0.15, 0.2) is 0 Å². The van der Waals surface area contributed by atoms with E-state index in [-0.39, 0.29) is 15.8 Å². The molecule has 6 heteroatoms. The fourth-order valence-corrected chi connectivity index (χ4v) is 2.89. The lowest BCUT2D eigenvalue weighted by Gasteiger charge is -2.08. The minimum absolute atomic E-state index is 0.0948. The molecular formula is C12H9ClO4S. The number of carbonyl (C=O) groups excluding carboxylic acids is 1. The van der Waals surface area contributed by atoms with Crippen molar-refractivity contribution in [3.05, 3.63) is 42.0 Å². The Morgan fingerprint density at radius 2 is 1.78 bits per heavy atom. The van der Waals surface area contributed by atoms with Crippen LogP contribution in [0.4, 0.5) is 0 Å². The van der Waals surface area contributed by atoms with Crippen LogP contribution >= 0.6 is 10.7 Å². The second kappa shape index (κ2) is 4.59. The van der Waals surface area contributed by atoms with Gasteiger partial charge < -0.3 is 4.74 Å². The third kappa shape index (κ3) is 2.19. The van der Waals surface area contributed by atoms with E-state index in [0.717, 1.165) is 0 Å². The molecule has 0 fully saturated rings. The summed E-state index contributed by atoms with van der Waals surface area (Å²) in [4.78, 5) is 11.6. The SMILES string of the molecule is COC(=O)c1cccc2cccc(S(=O)(=O)Cl)c12. The molecule has 0 bridgehead atoms. The molecule has 4 nitrogen and oxygen atoms in total. The molecule has 0 saturated heterocycles. The van der Waals surface area contributed by atoms with Crippen LogP contribution in [0.5, 0.6) is 0 Å². The monoisotopic (exact) mass is 284 g/mol. The lowest BCUT2D eigenvalue weighted by molar-refractivity contribution is 0.0603. The predicted octanol–water partition coefficient (Wildman–Crippen LogP) is 2.55. The Kier molecular flexibility index (Phi) is 3.28. The molecule has 0 unspecified atom stereocenters. The average molecular weight is 285 g/mol. The number of hydrogen-bond donors (Lipinski definition) is 0. The molecule has 94 valence electrons. The number of carbonyl (C=O) groups is 1. The van der Waals surface area contributed by atoms with Crippen LogP contribution in [-0.4, -0.2) is 21.5 Å². The van der Waals surface area contributed by atoms with Crippen LogP contribution in [0.25, 0.3) is 10.8 Å². The van der Waals surface area contributed by atoms with Gasteiger partial charge in [0.05, 0.1) is 17.6 Å². The molecular weight excluding hydrogens is 276 g/mol. The Bertz CT molecular complexity index is 717. The summed E-state index contributed by atoms with van der Waals surface area (Å²) in [6, 6.07) is 9.48. The standard InChI is InChI=1S/C12H9ClO4S/c1-17-12(14)9-6-2-4-8-5-3-7-10(11(8)9)18(13,15)16/h2-7H,1H3. The highest BCUT2D eigenvalue weighted by molar-refractivity contribution is 8.14. The summed E-state index contributed by atoms with van der Waals surface area (Å²) in [5, 5.41) is 0.890. The second-order valence-electron chi connectivity index (χ2n) is 3.59. The van der Waals surface area contributed by atoms with E-state index in [1.807, 2.05) is 0 Å². The van der Waals surface area contributed by atoms with Crippen molar-refractivity contribution in [3.63, 3.8) is 0 Å². The quantitative estimate of drug-likeness (QED) is 0.628. The van der Waals surface area contributed by atoms with Crippen molar-refractivity contribution in [2.75, 3.05) is 7.11 Å². The van der Waals surface area contributed by atoms with E-state index in [1.54, 1.807) is 24.3 Å². The molecule has 0 aliphatic rings. The number of benzene rings is 2. The second-order valence-corrected chi connectivity index (χ2v) is 6.12. The number of hydrogen-bond acceptors (Lipinski definition) is 4. The van der Waals surface area contributed by atoms with Gasteiger partial charge in [0.1, 0.15) is 0 Å². The van der Waals surface area contributed by atoms with Crippen LogP contribution < -0.4 is 0 Å². The number of esters is 1. The van der Waals surface area contributed by atoms with Gasteiger partial charge in [0.2, 0.25) is 0 Å². The fraction of sp³-hybridized carbons (Fsp3) is 0.0833. The van der Waals surface area contributed by atoms with E-state index in [1.165, 1.54) is 19.2 Å². The molecule has 0 N–H and O–H groups in total. The summed E-state index contributed by atoms with van der Waals surface area (Å²) >= 11 is 0. The van der Waals surface area contributed by atoms with E-state index in [0.29, 0.717) is 5.39 Å². The molecule has 0 spiro atoms. The smallest absolute Gasteiger partial charge is 0.338 e. The van der Waals surface area contributed by atoms with E-state index < -0.39 is 15.0 Å². The Balaban J connectivity index is 2.94. The molecule has 2 rings (SSSR count). The van der Waals surface area contributed by atoms with E-state index >= 15 is 0 Å². The highest BCUT2D eigenvalue weighted by atomic mass is 35.7. The maximum atomic E-state index is 11.6. The molecule has 0 aliphatic heterocycles. The molecule has 0 radical (unpaired) electrons. The number of ether oxygens (including phenoxy) is 1. The van der Waals surface area contributed by atoms with E-state index in [2.05, 4.69) is 4.74 Å². The zero-order valence-electron chi connectivity index (χ0n) is 9.38. The van der Waals surface area contributed by atoms with Gasteiger partial charge in [-0.15, -0.1) is 0 Å². The highest BCUT2D eigenvalue weighted by Crippen LogP contribution is 2.29. The number of rotatable bonds is 2. The Morgan fingerprint density at radius 1 is 1.17 bits per heavy atom. The van der Waals surface area contributed by atoms with Gasteiger partial charge in [-0.2, -0.15) is 0 Å². The zero-order chi connectivity index (χ0) is 13.3. The summed E-state index contributed by atoms with van der Waals surface area (Å²) in [6.07, 6.45) is 0. The number of methoxy groups -OCH3 is 1. The van der Waals surface area contributed by atoms with E-state index in [4.69, 9.17) is 10.7 Å². The molecule has 0 aliphatic carbocycles. The van der Waals surface area contributed by atoms with Crippen LogP contribution in [0.3, 0.4) is 0 Å². The van der Waals surface area contributed by atoms with Gasteiger partial charge in [-0.05, 0) is 17.5 Å². The molecule has 0 aromatic heterocycles. The van der Waals surface area contributed by atoms with Gasteiger partial charge in [-0.25, -0.2) is 13.2 Å². The van der Waals surface area contributed by atoms with Crippen LogP contribution in [0, 0.1) is 0 Å². The van der Waals surface area contributed by atoms with E-state index in [9.17, 15) is 13.2 Å². The summed E-state index contributed by atoms with van der Waals surface area (Å²) in [5.41, 5.74) is 0.176. The third-order valence-electron chi connectivity index (χ3n) is 2.53. The molecule has 0 amide bonds. The Hall–Kier alpha value is -1.59. The average Bonchev–Trinajstić information content (AvgIpc) is 2.35. The largest absolute Gasteiger partial charge is 0.465 e.